The molecule has 2 aromatic heterocycles. The molecule has 4 rings (SSSR count). The van der Waals surface area contributed by atoms with Crippen molar-refractivity contribution in [2.24, 2.45) is 0 Å². The van der Waals surface area contributed by atoms with E-state index in [1.807, 2.05) is 52.8 Å². The molecule has 0 amide bonds. The number of likely N-dealkylation sites (tertiary alicyclic amines) is 1. The summed E-state index contributed by atoms with van der Waals surface area (Å²) < 4.78 is 40.2. The number of hydrogen-bond acceptors (Lipinski definition) is 8. The summed E-state index contributed by atoms with van der Waals surface area (Å²) in [6.07, 6.45) is 3.63. The molecule has 1 saturated heterocycles. The first kappa shape index (κ1) is 18.4. The minimum atomic E-state index is -2.23. The van der Waals surface area contributed by atoms with Gasteiger partial charge >= 0.3 is 0 Å². The molecule has 1 aliphatic rings. The Hall–Kier alpha value is -3.14. The predicted molar refractivity (Wildman–Crippen MR) is 122 cm³/mol. The molecular weight excluding hydrogens is 409 g/mol. The lowest BCUT2D eigenvalue weighted by atomic mass is 9.77. The monoisotopic (exact) mass is 442 g/mol. The molecule has 0 bridgehead atoms. The molecule has 10 heteroatoms. The Morgan fingerprint density at radius 3 is 2.59 bits per heavy atom. The van der Waals surface area contributed by atoms with E-state index in [2.05, 4.69) is 36.1 Å². The molecule has 0 radical (unpaired) electrons. The Kier molecular flexibility index (Phi) is 4.66. The zero-order valence-electron chi connectivity index (χ0n) is 21.9. The van der Waals surface area contributed by atoms with Gasteiger partial charge in [-0.05, 0) is 82.6 Å². The van der Waals surface area contributed by atoms with Crippen molar-refractivity contribution < 1.29 is 8.50 Å². The van der Waals surface area contributed by atoms with Crippen LogP contribution in [0.1, 0.15) is 50.2 Å². The van der Waals surface area contributed by atoms with Gasteiger partial charge in [0.05, 0.1) is 11.9 Å². The van der Waals surface area contributed by atoms with E-state index in [9.17, 15) is 4.39 Å². The minimum absolute atomic E-state index is 0.0641. The third-order valence-electron chi connectivity index (χ3n) is 5.85. The highest BCUT2D eigenvalue weighted by Gasteiger charge is 2.43. The highest BCUT2D eigenvalue weighted by Crippen LogP contribution is 2.38. The highest BCUT2D eigenvalue weighted by atomic mass is 19.1. The van der Waals surface area contributed by atoms with Gasteiger partial charge in [-0.15, -0.1) is 5.10 Å². The first-order chi connectivity index (χ1) is 16.3. The lowest BCUT2D eigenvalue weighted by Gasteiger charge is -2.53. The average Bonchev–Trinajstić information content (AvgIpc) is 3.23. The van der Waals surface area contributed by atoms with Crippen molar-refractivity contribution in [1.29, 1.82) is 0 Å². The van der Waals surface area contributed by atoms with E-state index in [1.54, 1.807) is 9.58 Å². The first-order valence-corrected chi connectivity index (χ1v) is 10.5. The molecular formula is C22H30FN9. The van der Waals surface area contributed by atoms with Crippen LogP contribution in [-0.2, 0) is 0 Å². The van der Waals surface area contributed by atoms with Gasteiger partial charge in [-0.2, -0.15) is 4.98 Å². The second kappa shape index (κ2) is 8.09. The zero-order chi connectivity index (χ0) is 25.6. The topological polar surface area (TPSA) is 96.7 Å². The van der Waals surface area contributed by atoms with Gasteiger partial charge in [-0.1, -0.05) is 6.07 Å². The Balaban J connectivity index is 1.55. The molecule has 1 fully saturated rings. The van der Waals surface area contributed by atoms with Crippen LogP contribution in [0.15, 0.2) is 30.7 Å². The Morgan fingerprint density at radius 1 is 1.19 bits per heavy atom. The van der Waals surface area contributed by atoms with Crippen LogP contribution in [0.2, 0.25) is 0 Å². The first-order valence-electron chi connectivity index (χ1n) is 12.0. The molecule has 0 unspecified atom stereocenters. The lowest BCUT2D eigenvalue weighted by Crippen LogP contribution is -2.61. The van der Waals surface area contributed by atoms with Gasteiger partial charge in [-0.25, -0.2) is 14.1 Å². The van der Waals surface area contributed by atoms with E-state index in [-0.39, 0.29) is 17.8 Å². The molecule has 0 atom stereocenters. The summed E-state index contributed by atoms with van der Waals surface area (Å²) in [4.78, 5) is 10.0. The van der Waals surface area contributed by atoms with E-state index in [1.165, 1.54) is 6.33 Å². The fraction of sp³-hybridized carbons (Fsp3) is 0.500. The van der Waals surface area contributed by atoms with Crippen LogP contribution in [-0.4, -0.2) is 59.2 Å². The van der Waals surface area contributed by atoms with Crippen LogP contribution in [0.4, 0.5) is 21.8 Å². The number of aryl methyl sites for hydroxylation is 1. The van der Waals surface area contributed by atoms with Crippen molar-refractivity contribution in [3.05, 3.63) is 42.1 Å². The molecule has 1 aliphatic heterocycles. The molecule has 0 aliphatic carbocycles. The standard InChI is InChI=1S/C22H30FN9/c1-14-7-8-15(9-18(14)32-13-25-29-30-32)27-20-24-12-17(23)19(28-20)26-16-10-21(2,3)31(6)22(4,5)11-16/h7-9,12-13,16H,10-11H2,1-6H3,(H2,24,26,27,28)/i6D3. The number of hydrogen-bond donors (Lipinski definition) is 2. The van der Waals surface area contributed by atoms with Crippen molar-refractivity contribution in [2.75, 3.05) is 17.6 Å². The van der Waals surface area contributed by atoms with Crippen LogP contribution in [0, 0.1) is 12.7 Å². The van der Waals surface area contributed by atoms with Crippen LogP contribution >= 0.6 is 0 Å². The molecule has 170 valence electrons. The Bertz CT molecular complexity index is 1180. The van der Waals surface area contributed by atoms with Crippen LogP contribution in [0.3, 0.4) is 0 Å². The molecule has 32 heavy (non-hydrogen) atoms. The average molecular weight is 443 g/mol. The van der Waals surface area contributed by atoms with Crippen molar-refractivity contribution in [3.8, 4) is 5.69 Å². The summed E-state index contributed by atoms with van der Waals surface area (Å²) in [6, 6.07) is 5.44. The van der Waals surface area contributed by atoms with E-state index >= 15 is 0 Å². The fourth-order valence-corrected chi connectivity index (χ4v) is 4.44. The summed E-state index contributed by atoms with van der Waals surface area (Å²) in [6.45, 7) is 7.31. The smallest absolute Gasteiger partial charge is 0.229 e. The summed E-state index contributed by atoms with van der Waals surface area (Å²) in [5.41, 5.74) is 1.17. The van der Waals surface area contributed by atoms with Gasteiger partial charge in [0.15, 0.2) is 11.6 Å². The van der Waals surface area contributed by atoms with Crippen molar-refractivity contribution >= 4 is 17.5 Å². The SMILES string of the molecule is [2H]C([2H])([2H])N1C(C)(C)CC(Nc2nc(Nc3ccc(C)c(-n4cnnn4)c3)ncc2F)CC1(C)C. The maximum absolute atomic E-state index is 14.7. The van der Waals surface area contributed by atoms with Gasteiger partial charge in [0, 0.05) is 26.9 Å². The largest absolute Gasteiger partial charge is 0.365 e. The van der Waals surface area contributed by atoms with Crippen LogP contribution in [0.5, 0.6) is 0 Å². The van der Waals surface area contributed by atoms with Crippen molar-refractivity contribution in [2.45, 2.75) is 64.6 Å². The number of benzene rings is 1. The van der Waals surface area contributed by atoms with E-state index < -0.39 is 23.9 Å². The fourth-order valence-electron chi connectivity index (χ4n) is 4.44. The molecule has 0 saturated carbocycles. The van der Waals surface area contributed by atoms with Gasteiger partial charge in [0.1, 0.15) is 6.33 Å². The van der Waals surface area contributed by atoms with Gasteiger partial charge in [0.25, 0.3) is 0 Å². The van der Waals surface area contributed by atoms with Crippen molar-refractivity contribution in [3.63, 3.8) is 0 Å². The highest BCUT2D eigenvalue weighted by molar-refractivity contribution is 5.60. The lowest BCUT2D eigenvalue weighted by molar-refractivity contribution is -0.00778. The van der Waals surface area contributed by atoms with E-state index in [0.29, 0.717) is 18.5 Å². The summed E-state index contributed by atoms with van der Waals surface area (Å²) in [5.74, 6) is -0.296. The second-order valence-corrected chi connectivity index (χ2v) is 9.48. The maximum Gasteiger partial charge on any atom is 0.229 e. The normalized spacial score (nSPS) is 20.2. The van der Waals surface area contributed by atoms with Crippen LogP contribution < -0.4 is 10.6 Å². The summed E-state index contributed by atoms with van der Waals surface area (Å²) in [7, 11) is 0. The van der Waals surface area contributed by atoms with Gasteiger partial charge < -0.3 is 10.6 Å². The van der Waals surface area contributed by atoms with Gasteiger partial charge in [0.2, 0.25) is 5.95 Å². The number of aromatic nitrogens is 6. The Morgan fingerprint density at radius 2 is 1.94 bits per heavy atom. The number of nitrogens with one attached hydrogen (secondary N) is 2. The number of piperidine rings is 1. The second-order valence-electron chi connectivity index (χ2n) is 9.48. The number of halogens is 1. The quantitative estimate of drug-likeness (QED) is 0.617. The number of tetrazole rings is 1. The number of nitrogens with zero attached hydrogens (tertiary/aromatic N) is 7. The number of anilines is 3. The maximum atomic E-state index is 14.7. The van der Waals surface area contributed by atoms with E-state index in [0.717, 1.165) is 17.4 Å². The minimum Gasteiger partial charge on any atom is -0.365 e. The summed E-state index contributed by atoms with van der Waals surface area (Å²) >= 11 is 0. The third kappa shape index (κ3) is 4.40. The van der Waals surface area contributed by atoms with Crippen LogP contribution in [0.25, 0.3) is 5.69 Å². The predicted octanol–water partition coefficient (Wildman–Crippen LogP) is 3.71. The molecule has 9 nitrogen and oxygen atoms in total. The molecule has 3 heterocycles. The third-order valence-corrected chi connectivity index (χ3v) is 5.85. The van der Waals surface area contributed by atoms with Crippen molar-refractivity contribution in [1.82, 2.24) is 35.1 Å². The molecule has 1 aromatic carbocycles. The summed E-state index contributed by atoms with van der Waals surface area (Å²) in [5, 5.41) is 17.6. The molecule has 0 spiro atoms. The number of rotatable bonds is 5. The molecule has 3 aromatic rings. The molecule has 2 N–H and O–H groups in total. The van der Waals surface area contributed by atoms with E-state index in [4.69, 9.17) is 4.11 Å². The Labute approximate surface area is 191 Å². The zero-order valence-corrected chi connectivity index (χ0v) is 18.9. The van der Waals surface area contributed by atoms with Gasteiger partial charge in [-0.3, -0.25) is 4.90 Å².